The smallest absolute Gasteiger partial charge is 0.315 e. The molecule has 6 nitrogen and oxygen atoms in total. The lowest BCUT2D eigenvalue weighted by atomic mass is 10.1. The number of nitrogens with zero attached hydrogens (tertiary/aromatic N) is 3. The minimum absolute atomic E-state index is 0.173. The molecular weight excluding hydrogens is 528 g/mol. The third-order valence-electron chi connectivity index (χ3n) is 5.84. The van der Waals surface area contributed by atoms with Crippen LogP contribution < -0.4 is 10.9 Å². The molecule has 8 heteroatoms. The Kier molecular flexibility index (Phi) is 7.88. The topological polar surface area (TPSA) is 67.2 Å². The van der Waals surface area contributed by atoms with Gasteiger partial charge in [0.25, 0.3) is 5.56 Å². The maximum absolute atomic E-state index is 13.6. The molecule has 0 bridgehead atoms. The van der Waals surface area contributed by atoms with Gasteiger partial charge in [-0.3, -0.25) is 9.36 Å². The first-order valence-corrected chi connectivity index (χ1v) is 12.7. The fourth-order valence-electron chi connectivity index (χ4n) is 3.94. The summed E-state index contributed by atoms with van der Waals surface area (Å²) in [5, 5.41) is 4.07. The van der Waals surface area contributed by atoms with Gasteiger partial charge >= 0.3 is 6.03 Å². The number of unbranched alkanes of at least 4 members (excludes halogenated alkanes) is 1. The Morgan fingerprint density at radius 1 is 1.09 bits per heavy atom. The van der Waals surface area contributed by atoms with Crippen molar-refractivity contribution in [3.05, 3.63) is 98.5 Å². The van der Waals surface area contributed by atoms with Crippen molar-refractivity contribution in [3.8, 4) is 5.69 Å². The summed E-state index contributed by atoms with van der Waals surface area (Å²) in [6, 6.07) is 21.0. The summed E-state index contributed by atoms with van der Waals surface area (Å²) in [6.45, 7) is 4.50. The fraction of sp³-hybridized carbons (Fsp3) is 0.222. The SMILES string of the molecule is CCCCN(C(=O)Nc1ccc(Cl)cc1)C(C)c1nc2ccccc2c(=O)n1-c1ccc(Br)cc1. The van der Waals surface area contributed by atoms with Gasteiger partial charge in [0.1, 0.15) is 5.82 Å². The number of amides is 2. The van der Waals surface area contributed by atoms with E-state index in [2.05, 4.69) is 28.2 Å². The molecule has 4 aromatic rings. The number of benzene rings is 3. The van der Waals surface area contributed by atoms with Gasteiger partial charge < -0.3 is 10.2 Å². The molecule has 0 fully saturated rings. The standard InChI is InChI=1S/C27H26BrClN4O2/c1-3-4-17-32(27(35)30-21-13-11-20(29)12-14-21)18(2)25-31-24-8-6-5-7-23(24)26(34)33(25)22-15-9-19(28)10-16-22/h5-16,18H,3-4,17H2,1-2H3,(H,30,35). The van der Waals surface area contributed by atoms with Gasteiger partial charge in [-0.2, -0.15) is 0 Å². The highest BCUT2D eigenvalue weighted by Crippen LogP contribution is 2.25. The number of hydrogen-bond donors (Lipinski definition) is 1. The lowest BCUT2D eigenvalue weighted by Gasteiger charge is -2.30. The molecule has 0 aliphatic rings. The number of carbonyl (C=O) groups is 1. The van der Waals surface area contributed by atoms with Crippen LogP contribution in [0.2, 0.25) is 5.02 Å². The largest absolute Gasteiger partial charge is 0.322 e. The molecule has 1 atom stereocenters. The monoisotopic (exact) mass is 552 g/mol. The van der Waals surface area contributed by atoms with Crippen molar-refractivity contribution in [2.75, 3.05) is 11.9 Å². The minimum Gasteiger partial charge on any atom is -0.315 e. The molecule has 180 valence electrons. The highest BCUT2D eigenvalue weighted by Gasteiger charge is 2.26. The van der Waals surface area contributed by atoms with Gasteiger partial charge in [0.15, 0.2) is 0 Å². The van der Waals surface area contributed by atoms with E-state index in [0.29, 0.717) is 39.7 Å². The molecule has 0 saturated heterocycles. The quantitative estimate of drug-likeness (QED) is 0.263. The van der Waals surface area contributed by atoms with Gasteiger partial charge in [0.2, 0.25) is 0 Å². The van der Waals surface area contributed by atoms with Crippen LogP contribution in [0.3, 0.4) is 0 Å². The van der Waals surface area contributed by atoms with Crippen LogP contribution >= 0.6 is 27.5 Å². The molecular formula is C27H26BrClN4O2. The van der Waals surface area contributed by atoms with Crippen LogP contribution in [0, 0.1) is 0 Å². The first-order chi connectivity index (χ1) is 16.9. The molecule has 1 aromatic heterocycles. The average molecular weight is 554 g/mol. The van der Waals surface area contributed by atoms with Gasteiger partial charge in [0.05, 0.1) is 22.6 Å². The predicted octanol–water partition coefficient (Wildman–Crippen LogP) is 7.20. The molecule has 1 heterocycles. The number of hydrogen-bond acceptors (Lipinski definition) is 3. The molecule has 4 rings (SSSR count). The van der Waals surface area contributed by atoms with E-state index in [9.17, 15) is 9.59 Å². The van der Waals surface area contributed by atoms with Crippen LogP contribution in [-0.2, 0) is 0 Å². The summed E-state index contributed by atoms with van der Waals surface area (Å²) in [6.07, 6.45) is 1.73. The zero-order chi connectivity index (χ0) is 24.9. The van der Waals surface area contributed by atoms with E-state index in [-0.39, 0.29) is 11.6 Å². The maximum atomic E-state index is 13.6. The Hall–Kier alpha value is -3.16. The normalized spacial score (nSPS) is 11.9. The summed E-state index contributed by atoms with van der Waals surface area (Å²) in [5.41, 5.74) is 1.76. The Labute approximate surface area is 217 Å². The molecule has 1 N–H and O–H groups in total. The van der Waals surface area contributed by atoms with Crippen LogP contribution in [0.5, 0.6) is 0 Å². The first kappa shape index (κ1) is 24.9. The third-order valence-corrected chi connectivity index (χ3v) is 6.62. The van der Waals surface area contributed by atoms with Crippen LogP contribution in [-0.4, -0.2) is 27.0 Å². The molecule has 0 aliphatic carbocycles. The second-order valence-electron chi connectivity index (χ2n) is 8.26. The van der Waals surface area contributed by atoms with Gasteiger partial charge in [-0.05, 0) is 74.0 Å². The van der Waals surface area contributed by atoms with Crippen molar-refractivity contribution >= 4 is 50.2 Å². The highest BCUT2D eigenvalue weighted by molar-refractivity contribution is 9.10. The molecule has 2 amide bonds. The highest BCUT2D eigenvalue weighted by atomic mass is 79.9. The van der Waals surface area contributed by atoms with E-state index in [1.54, 1.807) is 39.8 Å². The predicted molar refractivity (Wildman–Crippen MR) is 146 cm³/mol. The van der Waals surface area contributed by atoms with Gasteiger partial charge in [-0.25, -0.2) is 9.78 Å². The Balaban J connectivity index is 1.81. The van der Waals surface area contributed by atoms with Crippen molar-refractivity contribution in [2.24, 2.45) is 0 Å². The van der Waals surface area contributed by atoms with Gasteiger partial charge in [0, 0.05) is 21.7 Å². The van der Waals surface area contributed by atoms with E-state index in [1.165, 1.54) is 0 Å². The average Bonchev–Trinajstić information content (AvgIpc) is 2.86. The Morgan fingerprint density at radius 2 is 1.77 bits per heavy atom. The zero-order valence-corrected chi connectivity index (χ0v) is 21.9. The number of anilines is 1. The van der Waals surface area contributed by atoms with Crippen molar-refractivity contribution in [2.45, 2.75) is 32.7 Å². The van der Waals surface area contributed by atoms with E-state index in [4.69, 9.17) is 16.6 Å². The number of aromatic nitrogens is 2. The summed E-state index contributed by atoms with van der Waals surface area (Å²) < 4.78 is 2.51. The van der Waals surface area contributed by atoms with Crippen molar-refractivity contribution in [1.29, 1.82) is 0 Å². The van der Waals surface area contributed by atoms with Crippen LogP contribution in [0.15, 0.2) is 82.1 Å². The second kappa shape index (κ2) is 11.1. The van der Waals surface area contributed by atoms with Crippen molar-refractivity contribution in [1.82, 2.24) is 14.5 Å². The summed E-state index contributed by atoms with van der Waals surface area (Å²) in [7, 11) is 0. The van der Waals surface area contributed by atoms with E-state index in [0.717, 1.165) is 17.3 Å². The third kappa shape index (κ3) is 5.57. The summed E-state index contributed by atoms with van der Waals surface area (Å²) in [4.78, 5) is 33.7. The zero-order valence-electron chi connectivity index (χ0n) is 19.5. The number of nitrogens with one attached hydrogen (secondary N) is 1. The van der Waals surface area contributed by atoms with E-state index < -0.39 is 6.04 Å². The molecule has 0 aliphatic heterocycles. The van der Waals surface area contributed by atoms with Crippen molar-refractivity contribution in [3.63, 3.8) is 0 Å². The lowest BCUT2D eigenvalue weighted by molar-refractivity contribution is 0.188. The van der Waals surface area contributed by atoms with Gasteiger partial charge in [-0.1, -0.05) is 53.0 Å². The van der Waals surface area contributed by atoms with Crippen LogP contribution in [0.1, 0.15) is 38.6 Å². The first-order valence-electron chi connectivity index (χ1n) is 11.5. The number of para-hydroxylation sites is 1. The number of urea groups is 1. The Morgan fingerprint density at radius 3 is 2.46 bits per heavy atom. The van der Waals surface area contributed by atoms with E-state index >= 15 is 0 Å². The number of halogens is 2. The summed E-state index contributed by atoms with van der Waals surface area (Å²) >= 11 is 9.45. The summed E-state index contributed by atoms with van der Waals surface area (Å²) in [5.74, 6) is 0.499. The molecule has 1 unspecified atom stereocenters. The number of rotatable bonds is 7. The van der Waals surface area contributed by atoms with Crippen LogP contribution in [0.25, 0.3) is 16.6 Å². The molecule has 0 saturated carbocycles. The maximum Gasteiger partial charge on any atom is 0.322 e. The lowest BCUT2D eigenvalue weighted by Crippen LogP contribution is -2.40. The minimum atomic E-state index is -0.477. The molecule has 3 aromatic carbocycles. The molecule has 35 heavy (non-hydrogen) atoms. The van der Waals surface area contributed by atoms with Gasteiger partial charge in [-0.15, -0.1) is 0 Å². The second-order valence-corrected chi connectivity index (χ2v) is 9.62. The number of carbonyl (C=O) groups excluding carboxylic acids is 1. The van der Waals surface area contributed by atoms with Crippen molar-refractivity contribution < 1.29 is 4.79 Å². The fourth-order valence-corrected chi connectivity index (χ4v) is 4.33. The van der Waals surface area contributed by atoms with Crippen LogP contribution in [0.4, 0.5) is 10.5 Å². The van der Waals surface area contributed by atoms with E-state index in [1.807, 2.05) is 49.4 Å². The molecule has 0 spiro atoms. The number of fused-ring (bicyclic) bond motifs is 1. The molecule has 0 radical (unpaired) electrons. The Bertz CT molecular complexity index is 1390.